The minimum absolute atomic E-state index is 0.0117. The molecule has 2 heterocycles. The van der Waals surface area contributed by atoms with E-state index in [2.05, 4.69) is 5.32 Å². The first kappa shape index (κ1) is 11.2. The summed E-state index contributed by atoms with van der Waals surface area (Å²) in [6, 6.07) is 3.79. The molecule has 0 radical (unpaired) electrons. The SMILES string of the molecule is CCNC1CCN(C(C)c2ccco2)C1=O. The van der Waals surface area contributed by atoms with Gasteiger partial charge in [0.25, 0.3) is 0 Å². The van der Waals surface area contributed by atoms with Gasteiger partial charge in [-0.25, -0.2) is 0 Å². The molecule has 4 nitrogen and oxygen atoms in total. The molecule has 4 heteroatoms. The van der Waals surface area contributed by atoms with Crippen LogP contribution in [0.1, 0.15) is 32.1 Å². The van der Waals surface area contributed by atoms with Crippen LogP contribution in [0.4, 0.5) is 0 Å². The minimum atomic E-state index is -0.0117. The zero-order valence-corrected chi connectivity index (χ0v) is 9.77. The summed E-state index contributed by atoms with van der Waals surface area (Å²) in [4.78, 5) is 13.9. The zero-order valence-electron chi connectivity index (χ0n) is 9.77. The third kappa shape index (κ3) is 1.97. The van der Waals surface area contributed by atoms with Gasteiger partial charge in [-0.2, -0.15) is 0 Å². The van der Waals surface area contributed by atoms with E-state index in [9.17, 15) is 4.79 Å². The number of amides is 1. The van der Waals surface area contributed by atoms with Gasteiger partial charge >= 0.3 is 0 Å². The van der Waals surface area contributed by atoms with Crippen LogP contribution >= 0.6 is 0 Å². The molecule has 16 heavy (non-hydrogen) atoms. The number of rotatable bonds is 4. The Morgan fingerprint density at radius 2 is 2.50 bits per heavy atom. The van der Waals surface area contributed by atoms with Gasteiger partial charge in [0.2, 0.25) is 5.91 Å². The molecule has 1 fully saturated rings. The van der Waals surface area contributed by atoms with Crippen LogP contribution in [-0.4, -0.2) is 29.9 Å². The van der Waals surface area contributed by atoms with Gasteiger partial charge in [0, 0.05) is 6.54 Å². The highest BCUT2D eigenvalue weighted by Crippen LogP contribution is 2.25. The van der Waals surface area contributed by atoms with E-state index >= 15 is 0 Å². The molecule has 1 aromatic rings. The van der Waals surface area contributed by atoms with Gasteiger partial charge in [0.15, 0.2) is 0 Å². The van der Waals surface area contributed by atoms with Crippen LogP contribution in [-0.2, 0) is 4.79 Å². The molecule has 1 amide bonds. The molecule has 2 rings (SSSR count). The van der Waals surface area contributed by atoms with Crippen LogP contribution < -0.4 is 5.32 Å². The van der Waals surface area contributed by atoms with Crippen LogP contribution in [0.15, 0.2) is 22.8 Å². The predicted octanol–water partition coefficient (Wildman–Crippen LogP) is 1.55. The summed E-state index contributed by atoms with van der Waals surface area (Å²) in [6.07, 6.45) is 2.53. The van der Waals surface area contributed by atoms with E-state index in [1.165, 1.54) is 0 Å². The van der Waals surface area contributed by atoms with E-state index in [0.29, 0.717) is 0 Å². The molecule has 2 unspecified atom stereocenters. The number of nitrogens with zero attached hydrogens (tertiary/aromatic N) is 1. The number of furan rings is 1. The molecule has 0 aliphatic carbocycles. The minimum Gasteiger partial charge on any atom is -0.467 e. The Hall–Kier alpha value is -1.29. The van der Waals surface area contributed by atoms with Crippen molar-refractivity contribution in [2.45, 2.75) is 32.4 Å². The molecule has 88 valence electrons. The third-order valence-electron chi connectivity index (χ3n) is 3.11. The highest BCUT2D eigenvalue weighted by Gasteiger charge is 2.34. The number of carbonyl (C=O) groups is 1. The number of carbonyl (C=O) groups excluding carboxylic acids is 1. The van der Waals surface area contributed by atoms with Gasteiger partial charge in [-0.05, 0) is 32.0 Å². The number of likely N-dealkylation sites (tertiary alicyclic amines) is 1. The van der Waals surface area contributed by atoms with Crippen molar-refractivity contribution in [1.82, 2.24) is 10.2 Å². The molecule has 0 aromatic carbocycles. The lowest BCUT2D eigenvalue weighted by atomic mass is 10.2. The summed E-state index contributed by atoms with van der Waals surface area (Å²) in [6.45, 7) is 5.66. The molecule has 2 atom stereocenters. The Bertz CT molecular complexity index is 348. The largest absolute Gasteiger partial charge is 0.467 e. The molecule has 0 spiro atoms. The molecule has 1 aromatic heterocycles. The van der Waals surface area contributed by atoms with Gasteiger partial charge in [0.05, 0.1) is 18.3 Å². The highest BCUT2D eigenvalue weighted by atomic mass is 16.3. The normalized spacial score (nSPS) is 22.8. The Kier molecular flexibility index (Phi) is 3.29. The van der Waals surface area contributed by atoms with Crippen LogP contribution in [0.5, 0.6) is 0 Å². The van der Waals surface area contributed by atoms with Gasteiger partial charge in [0.1, 0.15) is 5.76 Å². The number of likely N-dealkylation sites (N-methyl/N-ethyl adjacent to an activating group) is 1. The number of hydrogen-bond donors (Lipinski definition) is 1. The maximum absolute atomic E-state index is 12.1. The van der Waals surface area contributed by atoms with Crippen molar-refractivity contribution in [3.63, 3.8) is 0 Å². The van der Waals surface area contributed by atoms with E-state index in [4.69, 9.17) is 4.42 Å². The summed E-state index contributed by atoms with van der Waals surface area (Å²) in [5, 5.41) is 3.20. The van der Waals surface area contributed by atoms with E-state index in [1.54, 1.807) is 6.26 Å². The van der Waals surface area contributed by atoms with E-state index in [0.717, 1.165) is 25.3 Å². The highest BCUT2D eigenvalue weighted by molar-refractivity contribution is 5.84. The second-order valence-corrected chi connectivity index (χ2v) is 4.12. The first-order valence-electron chi connectivity index (χ1n) is 5.81. The van der Waals surface area contributed by atoms with Gasteiger partial charge < -0.3 is 14.6 Å². The van der Waals surface area contributed by atoms with Crippen LogP contribution in [0.25, 0.3) is 0 Å². The molecular weight excluding hydrogens is 204 g/mol. The maximum atomic E-state index is 12.1. The standard InChI is InChI=1S/C12H18N2O2/c1-3-13-10-6-7-14(12(10)15)9(2)11-5-4-8-16-11/h4-5,8-10,13H,3,6-7H2,1-2H3. The average molecular weight is 222 g/mol. The summed E-state index contributed by atoms with van der Waals surface area (Å²) < 4.78 is 5.34. The topological polar surface area (TPSA) is 45.5 Å². The second kappa shape index (κ2) is 4.70. The van der Waals surface area contributed by atoms with Crippen molar-refractivity contribution < 1.29 is 9.21 Å². The van der Waals surface area contributed by atoms with E-state index in [1.807, 2.05) is 30.9 Å². The molecule has 1 saturated heterocycles. The lowest BCUT2D eigenvalue weighted by Gasteiger charge is -2.23. The molecule has 0 bridgehead atoms. The first-order valence-corrected chi connectivity index (χ1v) is 5.81. The lowest BCUT2D eigenvalue weighted by Crippen LogP contribution is -2.39. The van der Waals surface area contributed by atoms with Crippen molar-refractivity contribution in [3.05, 3.63) is 24.2 Å². The molecule has 1 N–H and O–H groups in total. The van der Waals surface area contributed by atoms with E-state index in [-0.39, 0.29) is 18.0 Å². The number of hydrogen-bond acceptors (Lipinski definition) is 3. The Labute approximate surface area is 95.6 Å². The second-order valence-electron chi connectivity index (χ2n) is 4.12. The quantitative estimate of drug-likeness (QED) is 0.840. The van der Waals surface area contributed by atoms with Crippen molar-refractivity contribution >= 4 is 5.91 Å². The fourth-order valence-electron chi connectivity index (χ4n) is 2.20. The maximum Gasteiger partial charge on any atom is 0.240 e. The van der Waals surface area contributed by atoms with Crippen LogP contribution in [0.2, 0.25) is 0 Å². The lowest BCUT2D eigenvalue weighted by molar-refractivity contribution is -0.131. The zero-order chi connectivity index (χ0) is 11.5. The molecular formula is C12H18N2O2. The van der Waals surface area contributed by atoms with Crippen LogP contribution in [0, 0.1) is 0 Å². The van der Waals surface area contributed by atoms with Crippen molar-refractivity contribution in [2.24, 2.45) is 0 Å². The Morgan fingerprint density at radius 1 is 1.69 bits per heavy atom. The fourth-order valence-corrected chi connectivity index (χ4v) is 2.20. The van der Waals surface area contributed by atoms with Crippen molar-refractivity contribution in [3.8, 4) is 0 Å². The molecule has 0 saturated carbocycles. The first-order chi connectivity index (χ1) is 7.74. The Balaban J connectivity index is 2.04. The fraction of sp³-hybridized carbons (Fsp3) is 0.583. The smallest absolute Gasteiger partial charge is 0.240 e. The summed E-state index contributed by atoms with van der Waals surface area (Å²) in [7, 11) is 0. The van der Waals surface area contributed by atoms with Crippen molar-refractivity contribution in [1.29, 1.82) is 0 Å². The van der Waals surface area contributed by atoms with Gasteiger partial charge in [-0.1, -0.05) is 6.92 Å². The van der Waals surface area contributed by atoms with Crippen molar-refractivity contribution in [2.75, 3.05) is 13.1 Å². The monoisotopic (exact) mass is 222 g/mol. The van der Waals surface area contributed by atoms with Gasteiger partial charge in [-0.15, -0.1) is 0 Å². The summed E-state index contributed by atoms with van der Waals surface area (Å²) in [5.74, 6) is 1.04. The average Bonchev–Trinajstić information content (AvgIpc) is 2.89. The third-order valence-corrected chi connectivity index (χ3v) is 3.11. The molecule has 1 aliphatic heterocycles. The van der Waals surface area contributed by atoms with Crippen LogP contribution in [0.3, 0.4) is 0 Å². The van der Waals surface area contributed by atoms with Gasteiger partial charge in [-0.3, -0.25) is 4.79 Å². The molecule has 1 aliphatic rings. The summed E-state index contributed by atoms with van der Waals surface area (Å²) >= 11 is 0. The van der Waals surface area contributed by atoms with E-state index < -0.39 is 0 Å². The predicted molar refractivity (Wildman–Crippen MR) is 60.9 cm³/mol. The number of nitrogens with one attached hydrogen (secondary N) is 1. The summed E-state index contributed by atoms with van der Waals surface area (Å²) in [5.41, 5.74) is 0. The Morgan fingerprint density at radius 3 is 3.12 bits per heavy atom.